The van der Waals surface area contributed by atoms with Gasteiger partial charge in [-0.1, -0.05) is 0 Å². The number of aromatic nitrogens is 2. The molecule has 1 N–H and O–H groups in total. The van der Waals surface area contributed by atoms with Crippen LogP contribution in [0.4, 0.5) is 11.5 Å². The number of rotatable bonds is 5. The van der Waals surface area contributed by atoms with Crippen LogP contribution >= 0.6 is 0 Å². The lowest BCUT2D eigenvalue weighted by atomic mass is 10.1. The van der Waals surface area contributed by atoms with Crippen LogP contribution in [0.1, 0.15) is 5.69 Å². The van der Waals surface area contributed by atoms with Crippen molar-refractivity contribution in [1.29, 1.82) is 0 Å². The van der Waals surface area contributed by atoms with E-state index in [-0.39, 0.29) is 0 Å². The number of hydrogen-bond donors (Lipinski definition) is 1. The van der Waals surface area contributed by atoms with E-state index in [0.29, 0.717) is 12.5 Å². The lowest BCUT2D eigenvalue weighted by Crippen LogP contribution is -2.32. The second-order valence-corrected chi connectivity index (χ2v) is 6.07. The second-order valence-electron chi connectivity index (χ2n) is 6.07. The number of nitrogens with one attached hydrogen (secondary N) is 1. The summed E-state index contributed by atoms with van der Waals surface area (Å²) >= 11 is 0. The molecule has 0 atom stereocenters. The molecule has 1 aromatic carbocycles. The Morgan fingerprint density at radius 2 is 2.08 bits per heavy atom. The molecule has 0 radical (unpaired) electrons. The molecule has 0 bridgehead atoms. The number of fused-ring (bicyclic) bond motifs is 1. The van der Waals surface area contributed by atoms with Crippen LogP contribution in [0.2, 0.25) is 0 Å². The average Bonchev–Trinajstić information content (AvgIpc) is 2.56. The normalized spacial score (nSPS) is 14.4. The minimum atomic E-state index is 0.518. The number of nitrogens with zero attached hydrogens (tertiary/aromatic N) is 2. The van der Waals surface area contributed by atoms with Crippen molar-refractivity contribution in [1.82, 2.24) is 9.97 Å². The van der Waals surface area contributed by atoms with E-state index < -0.39 is 0 Å². The molecule has 1 aliphatic rings. The van der Waals surface area contributed by atoms with E-state index in [1.165, 1.54) is 0 Å². The molecule has 5 heteroatoms. The number of pyridine rings is 2. The summed E-state index contributed by atoms with van der Waals surface area (Å²) in [7, 11) is 0. The number of hydrogen-bond acceptors (Lipinski definition) is 5. The molecule has 0 spiro atoms. The fourth-order valence-electron chi connectivity index (χ4n) is 2.62. The van der Waals surface area contributed by atoms with Gasteiger partial charge in [0.2, 0.25) is 0 Å². The summed E-state index contributed by atoms with van der Waals surface area (Å²) in [5, 5.41) is 5.48. The Balaban J connectivity index is 1.56. The third-order valence-corrected chi connectivity index (χ3v) is 4.10. The SMILES string of the molecule is Cc1ccc(Nc2nccc3cc(OCC4COC4)ccc23)cn1. The van der Waals surface area contributed by atoms with Gasteiger partial charge >= 0.3 is 0 Å². The summed E-state index contributed by atoms with van der Waals surface area (Å²) in [6.45, 7) is 4.28. The van der Waals surface area contributed by atoms with Crippen LogP contribution in [0.5, 0.6) is 5.75 Å². The van der Waals surface area contributed by atoms with E-state index in [1.807, 2.05) is 43.5 Å². The largest absolute Gasteiger partial charge is 0.493 e. The third kappa shape index (κ3) is 3.16. The van der Waals surface area contributed by atoms with Gasteiger partial charge in [0.25, 0.3) is 0 Å². The van der Waals surface area contributed by atoms with Crippen molar-refractivity contribution in [3.05, 3.63) is 54.5 Å². The Labute approximate surface area is 140 Å². The first-order valence-corrected chi connectivity index (χ1v) is 8.07. The van der Waals surface area contributed by atoms with Crippen LogP contribution in [0.25, 0.3) is 10.8 Å². The van der Waals surface area contributed by atoms with Gasteiger partial charge in [0, 0.05) is 23.2 Å². The zero-order valence-electron chi connectivity index (χ0n) is 13.5. The van der Waals surface area contributed by atoms with Gasteiger partial charge in [-0.3, -0.25) is 4.98 Å². The lowest BCUT2D eigenvalue weighted by molar-refractivity contribution is -0.0508. The van der Waals surface area contributed by atoms with Gasteiger partial charge in [-0.25, -0.2) is 4.98 Å². The van der Waals surface area contributed by atoms with Crippen molar-refractivity contribution in [2.24, 2.45) is 5.92 Å². The fourth-order valence-corrected chi connectivity index (χ4v) is 2.62. The van der Waals surface area contributed by atoms with Crippen molar-refractivity contribution in [2.45, 2.75) is 6.92 Å². The van der Waals surface area contributed by atoms with Crippen LogP contribution < -0.4 is 10.1 Å². The Morgan fingerprint density at radius 3 is 2.83 bits per heavy atom. The van der Waals surface area contributed by atoms with E-state index in [4.69, 9.17) is 9.47 Å². The van der Waals surface area contributed by atoms with Gasteiger partial charge < -0.3 is 14.8 Å². The Morgan fingerprint density at radius 1 is 1.17 bits per heavy atom. The molecule has 3 heterocycles. The van der Waals surface area contributed by atoms with E-state index >= 15 is 0 Å². The molecule has 0 unspecified atom stereocenters. The summed E-state index contributed by atoms with van der Waals surface area (Å²) in [5.41, 5.74) is 1.91. The smallest absolute Gasteiger partial charge is 0.138 e. The van der Waals surface area contributed by atoms with Crippen molar-refractivity contribution in [2.75, 3.05) is 25.1 Å². The summed E-state index contributed by atoms with van der Waals surface area (Å²) in [5.74, 6) is 2.21. The van der Waals surface area contributed by atoms with Crippen LogP contribution in [0, 0.1) is 12.8 Å². The van der Waals surface area contributed by atoms with E-state index in [9.17, 15) is 0 Å². The Bertz CT molecular complexity index is 845. The molecule has 1 aliphatic heterocycles. The molecule has 4 rings (SSSR count). The molecule has 0 saturated carbocycles. The first kappa shape index (κ1) is 14.9. The highest BCUT2D eigenvalue weighted by Gasteiger charge is 2.18. The molecule has 122 valence electrons. The van der Waals surface area contributed by atoms with Crippen molar-refractivity contribution >= 4 is 22.3 Å². The topological polar surface area (TPSA) is 56.3 Å². The summed E-state index contributed by atoms with van der Waals surface area (Å²) in [4.78, 5) is 8.76. The van der Waals surface area contributed by atoms with Gasteiger partial charge in [-0.2, -0.15) is 0 Å². The predicted molar refractivity (Wildman–Crippen MR) is 93.8 cm³/mol. The average molecular weight is 321 g/mol. The summed E-state index contributed by atoms with van der Waals surface area (Å²) in [6.07, 6.45) is 3.61. The van der Waals surface area contributed by atoms with E-state index in [2.05, 4.69) is 21.4 Å². The minimum Gasteiger partial charge on any atom is -0.493 e. The van der Waals surface area contributed by atoms with Crippen molar-refractivity contribution < 1.29 is 9.47 Å². The van der Waals surface area contributed by atoms with Crippen molar-refractivity contribution in [3.63, 3.8) is 0 Å². The van der Waals surface area contributed by atoms with Gasteiger partial charge in [0.15, 0.2) is 0 Å². The number of benzene rings is 1. The highest BCUT2D eigenvalue weighted by atomic mass is 16.5. The zero-order chi connectivity index (χ0) is 16.4. The standard InChI is InChI=1S/C19H19N3O2/c1-13-2-3-16(9-21-13)22-19-18-5-4-17(8-15(18)6-7-20-19)24-12-14-10-23-11-14/h2-9,14H,10-12H2,1H3,(H,20,22). The quantitative estimate of drug-likeness (QED) is 0.776. The van der Waals surface area contributed by atoms with Crippen LogP contribution in [0.3, 0.4) is 0 Å². The molecule has 0 amide bonds. The molecule has 1 saturated heterocycles. The molecular weight excluding hydrogens is 302 g/mol. The maximum Gasteiger partial charge on any atom is 0.138 e. The number of ether oxygens (including phenoxy) is 2. The van der Waals surface area contributed by atoms with E-state index in [0.717, 1.165) is 46.9 Å². The maximum atomic E-state index is 5.86. The van der Waals surface area contributed by atoms with Gasteiger partial charge in [0.1, 0.15) is 11.6 Å². The van der Waals surface area contributed by atoms with Crippen LogP contribution in [-0.2, 0) is 4.74 Å². The van der Waals surface area contributed by atoms with Gasteiger partial charge in [-0.05, 0) is 48.7 Å². The molecule has 3 aromatic rings. The molecule has 1 fully saturated rings. The van der Waals surface area contributed by atoms with Gasteiger partial charge in [0.05, 0.1) is 31.7 Å². The molecule has 0 aliphatic carbocycles. The highest BCUT2D eigenvalue weighted by molar-refractivity contribution is 5.93. The van der Waals surface area contributed by atoms with Crippen LogP contribution in [-0.4, -0.2) is 29.8 Å². The zero-order valence-corrected chi connectivity index (χ0v) is 13.5. The lowest BCUT2D eigenvalue weighted by Gasteiger charge is -2.25. The summed E-state index contributed by atoms with van der Waals surface area (Å²) in [6, 6.07) is 12.0. The Kier molecular flexibility index (Phi) is 4.01. The molecule has 5 nitrogen and oxygen atoms in total. The fraction of sp³-hybridized carbons (Fsp3) is 0.263. The molecule has 2 aromatic heterocycles. The van der Waals surface area contributed by atoms with Gasteiger partial charge in [-0.15, -0.1) is 0 Å². The minimum absolute atomic E-state index is 0.518. The predicted octanol–water partition coefficient (Wildman–Crippen LogP) is 3.71. The summed E-state index contributed by atoms with van der Waals surface area (Å²) < 4.78 is 11.0. The Hall–Kier alpha value is -2.66. The maximum absolute atomic E-state index is 5.86. The molecule has 24 heavy (non-hydrogen) atoms. The third-order valence-electron chi connectivity index (χ3n) is 4.10. The van der Waals surface area contributed by atoms with Crippen LogP contribution in [0.15, 0.2) is 48.8 Å². The monoisotopic (exact) mass is 321 g/mol. The molecular formula is C19H19N3O2. The number of aryl methyl sites for hydroxylation is 1. The van der Waals surface area contributed by atoms with E-state index in [1.54, 1.807) is 6.20 Å². The van der Waals surface area contributed by atoms with Crippen molar-refractivity contribution in [3.8, 4) is 5.75 Å². The highest BCUT2D eigenvalue weighted by Crippen LogP contribution is 2.28. The first-order chi connectivity index (χ1) is 11.8. The second kappa shape index (κ2) is 6.45. The first-order valence-electron chi connectivity index (χ1n) is 8.07. The number of anilines is 2.